The first-order valence-corrected chi connectivity index (χ1v) is 9.05. The highest BCUT2D eigenvalue weighted by Gasteiger charge is 2.27. The molecule has 2 heterocycles. The predicted octanol–water partition coefficient (Wildman–Crippen LogP) is 5.06. The van der Waals surface area contributed by atoms with Gasteiger partial charge in [0.2, 0.25) is 0 Å². The lowest BCUT2D eigenvalue weighted by atomic mass is 9.96. The van der Waals surface area contributed by atoms with Crippen molar-refractivity contribution in [1.29, 1.82) is 0 Å². The SMILES string of the molecule is CC(C)CN1CCCn2cccc2C1c1ccc(C(C)C)cc1. The summed E-state index contributed by atoms with van der Waals surface area (Å²) < 4.78 is 2.45. The zero-order valence-corrected chi connectivity index (χ0v) is 15.0. The Balaban J connectivity index is 1.99. The van der Waals surface area contributed by atoms with Gasteiger partial charge < -0.3 is 4.57 Å². The molecule has 0 aliphatic carbocycles. The Morgan fingerprint density at radius 1 is 1.00 bits per heavy atom. The van der Waals surface area contributed by atoms with Gasteiger partial charge in [0, 0.05) is 31.5 Å². The third-order valence-corrected chi connectivity index (χ3v) is 4.87. The van der Waals surface area contributed by atoms with Crippen LogP contribution in [0.3, 0.4) is 0 Å². The van der Waals surface area contributed by atoms with Crippen molar-refractivity contribution in [1.82, 2.24) is 9.47 Å². The Labute approximate surface area is 141 Å². The van der Waals surface area contributed by atoms with Crippen LogP contribution in [0.1, 0.15) is 62.9 Å². The van der Waals surface area contributed by atoms with Crippen LogP contribution in [0.4, 0.5) is 0 Å². The van der Waals surface area contributed by atoms with Crippen LogP contribution in [0.5, 0.6) is 0 Å². The maximum atomic E-state index is 2.67. The molecule has 23 heavy (non-hydrogen) atoms. The largest absolute Gasteiger partial charge is 0.350 e. The minimum Gasteiger partial charge on any atom is -0.350 e. The highest BCUT2D eigenvalue weighted by Crippen LogP contribution is 2.33. The summed E-state index contributed by atoms with van der Waals surface area (Å²) in [6, 6.07) is 14.2. The summed E-state index contributed by atoms with van der Waals surface area (Å²) in [4.78, 5) is 2.67. The number of aryl methyl sites for hydroxylation is 1. The maximum absolute atomic E-state index is 2.67. The van der Waals surface area contributed by atoms with Gasteiger partial charge in [-0.1, -0.05) is 52.0 Å². The Morgan fingerprint density at radius 3 is 2.39 bits per heavy atom. The Hall–Kier alpha value is -1.54. The first-order valence-electron chi connectivity index (χ1n) is 9.05. The molecule has 1 aromatic heterocycles. The summed E-state index contributed by atoms with van der Waals surface area (Å²) in [5.74, 6) is 1.28. The van der Waals surface area contributed by atoms with Crippen LogP contribution in [-0.2, 0) is 6.54 Å². The van der Waals surface area contributed by atoms with E-state index in [9.17, 15) is 0 Å². The van der Waals surface area contributed by atoms with Crippen LogP contribution < -0.4 is 0 Å². The van der Waals surface area contributed by atoms with Crippen molar-refractivity contribution >= 4 is 0 Å². The smallest absolute Gasteiger partial charge is 0.0756 e. The van der Waals surface area contributed by atoms with Crippen molar-refractivity contribution in [2.45, 2.75) is 52.6 Å². The normalized spacial score (nSPS) is 19.1. The second-order valence-corrected chi connectivity index (χ2v) is 7.59. The molecule has 0 N–H and O–H groups in total. The molecule has 1 aromatic carbocycles. The molecule has 1 aliphatic rings. The molecule has 1 aliphatic heterocycles. The van der Waals surface area contributed by atoms with E-state index in [2.05, 4.69) is 79.8 Å². The van der Waals surface area contributed by atoms with E-state index >= 15 is 0 Å². The van der Waals surface area contributed by atoms with Gasteiger partial charge in [0.05, 0.1) is 6.04 Å². The van der Waals surface area contributed by atoms with Gasteiger partial charge in [-0.25, -0.2) is 0 Å². The lowest BCUT2D eigenvalue weighted by Gasteiger charge is -2.32. The second kappa shape index (κ2) is 6.92. The van der Waals surface area contributed by atoms with Crippen molar-refractivity contribution in [3.63, 3.8) is 0 Å². The molecular weight excluding hydrogens is 280 g/mol. The molecule has 0 bridgehead atoms. The van der Waals surface area contributed by atoms with Gasteiger partial charge in [-0.05, 0) is 41.5 Å². The first-order chi connectivity index (χ1) is 11.1. The molecule has 0 radical (unpaired) electrons. The summed E-state index contributed by atoms with van der Waals surface area (Å²) in [7, 11) is 0. The fourth-order valence-corrected chi connectivity index (χ4v) is 3.75. The fraction of sp³-hybridized carbons (Fsp3) is 0.524. The predicted molar refractivity (Wildman–Crippen MR) is 97.8 cm³/mol. The van der Waals surface area contributed by atoms with Crippen LogP contribution in [0.2, 0.25) is 0 Å². The Bertz CT molecular complexity index is 622. The molecule has 0 spiro atoms. The van der Waals surface area contributed by atoms with E-state index < -0.39 is 0 Å². The Morgan fingerprint density at radius 2 is 1.74 bits per heavy atom. The van der Waals surface area contributed by atoms with Crippen molar-refractivity contribution in [2.75, 3.05) is 13.1 Å². The summed E-state index contributed by atoms with van der Waals surface area (Å²) in [5, 5.41) is 0. The van der Waals surface area contributed by atoms with E-state index in [0.29, 0.717) is 17.9 Å². The van der Waals surface area contributed by atoms with E-state index in [1.165, 1.54) is 29.8 Å². The van der Waals surface area contributed by atoms with Crippen LogP contribution >= 0.6 is 0 Å². The van der Waals surface area contributed by atoms with Crippen LogP contribution in [-0.4, -0.2) is 22.6 Å². The molecule has 1 atom stereocenters. The molecule has 0 saturated heterocycles. The first kappa shape index (κ1) is 16.3. The standard InChI is InChI=1S/C21H30N2/c1-16(2)15-23-14-6-13-22-12-5-7-20(22)21(23)19-10-8-18(9-11-19)17(3)4/h5,7-12,16-17,21H,6,13-15H2,1-4H3. The average Bonchev–Trinajstić information content (AvgIpc) is 2.89. The lowest BCUT2D eigenvalue weighted by molar-refractivity contribution is 0.204. The number of fused-ring (bicyclic) bond motifs is 1. The third-order valence-electron chi connectivity index (χ3n) is 4.87. The van der Waals surface area contributed by atoms with Gasteiger partial charge in [0.15, 0.2) is 0 Å². The molecular formula is C21H30N2. The molecule has 2 aromatic rings. The van der Waals surface area contributed by atoms with E-state index in [0.717, 1.165) is 13.1 Å². The van der Waals surface area contributed by atoms with Crippen LogP contribution in [0, 0.1) is 5.92 Å². The van der Waals surface area contributed by atoms with Gasteiger partial charge in [0.25, 0.3) is 0 Å². The maximum Gasteiger partial charge on any atom is 0.0756 e. The number of nitrogens with zero attached hydrogens (tertiary/aromatic N) is 2. The fourth-order valence-electron chi connectivity index (χ4n) is 3.75. The van der Waals surface area contributed by atoms with Gasteiger partial charge in [-0.15, -0.1) is 0 Å². The summed E-state index contributed by atoms with van der Waals surface area (Å²) in [6.45, 7) is 12.6. The number of rotatable bonds is 4. The summed E-state index contributed by atoms with van der Waals surface area (Å²) in [5.41, 5.74) is 4.30. The van der Waals surface area contributed by atoms with E-state index in [4.69, 9.17) is 0 Å². The highest BCUT2D eigenvalue weighted by molar-refractivity contribution is 5.33. The van der Waals surface area contributed by atoms with Gasteiger partial charge in [-0.2, -0.15) is 0 Å². The van der Waals surface area contributed by atoms with Crippen molar-refractivity contribution in [3.05, 3.63) is 59.4 Å². The van der Waals surface area contributed by atoms with Crippen LogP contribution in [0.15, 0.2) is 42.6 Å². The van der Waals surface area contributed by atoms with E-state index in [1.807, 2.05) is 0 Å². The van der Waals surface area contributed by atoms with Crippen molar-refractivity contribution in [3.8, 4) is 0 Å². The summed E-state index contributed by atoms with van der Waals surface area (Å²) >= 11 is 0. The molecule has 1 unspecified atom stereocenters. The minimum atomic E-state index is 0.385. The van der Waals surface area contributed by atoms with E-state index in [1.54, 1.807) is 0 Å². The molecule has 0 saturated carbocycles. The molecule has 2 heteroatoms. The highest BCUT2D eigenvalue weighted by atomic mass is 15.2. The molecule has 124 valence electrons. The topological polar surface area (TPSA) is 8.17 Å². The lowest BCUT2D eigenvalue weighted by Crippen LogP contribution is -2.33. The molecule has 0 amide bonds. The minimum absolute atomic E-state index is 0.385. The van der Waals surface area contributed by atoms with Crippen LogP contribution in [0.25, 0.3) is 0 Å². The summed E-state index contributed by atoms with van der Waals surface area (Å²) in [6.07, 6.45) is 3.47. The van der Waals surface area contributed by atoms with Gasteiger partial charge in [-0.3, -0.25) is 4.90 Å². The van der Waals surface area contributed by atoms with Gasteiger partial charge >= 0.3 is 0 Å². The van der Waals surface area contributed by atoms with Gasteiger partial charge in [0.1, 0.15) is 0 Å². The molecule has 0 fully saturated rings. The number of benzene rings is 1. The second-order valence-electron chi connectivity index (χ2n) is 7.59. The monoisotopic (exact) mass is 310 g/mol. The molecule has 3 rings (SSSR count). The van der Waals surface area contributed by atoms with Crippen molar-refractivity contribution < 1.29 is 0 Å². The molecule has 2 nitrogen and oxygen atoms in total. The van der Waals surface area contributed by atoms with E-state index in [-0.39, 0.29) is 0 Å². The zero-order valence-electron chi connectivity index (χ0n) is 15.0. The Kier molecular flexibility index (Phi) is 4.91. The quantitative estimate of drug-likeness (QED) is 0.766. The average molecular weight is 310 g/mol. The third kappa shape index (κ3) is 3.53. The number of hydrogen-bond donors (Lipinski definition) is 0. The van der Waals surface area contributed by atoms with Crippen molar-refractivity contribution in [2.24, 2.45) is 5.92 Å². The number of hydrogen-bond acceptors (Lipinski definition) is 1. The number of aromatic nitrogens is 1. The zero-order chi connectivity index (χ0) is 16.4.